The third-order valence-electron chi connectivity index (χ3n) is 5.41. The second-order valence-corrected chi connectivity index (χ2v) is 7.24. The molecule has 0 aliphatic carbocycles. The van der Waals surface area contributed by atoms with Gasteiger partial charge < -0.3 is 14.1 Å². The monoisotopic (exact) mass is 380 g/mol. The van der Waals surface area contributed by atoms with Crippen LogP contribution in [0.1, 0.15) is 29.7 Å². The summed E-state index contributed by atoms with van der Waals surface area (Å²) in [6.07, 6.45) is 2.98. The van der Waals surface area contributed by atoms with Gasteiger partial charge in [-0.05, 0) is 18.6 Å². The molecule has 1 saturated heterocycles. The van der Waals surface area contributed by atoms with Gasteiger partial charge in [0.1, 0.15) is 18.0 Å². The van der Waals surface area contributed by atoms with Gasteiger partial charge in [0.2, 0.25) is 5.91 Å². The summed E-state index contributed by atoms with van der Waals surface area (Å²) in [5, 5.41) is 0.513. The SMILES string of the molecule is O=C(Cn1cnc2ccccc2c1=O)N1CCc2oc(C3CCOC3)nc2C1. The second-order valence-electron chi connectivity index (χ2n) is 7.24. The summed E-state index contributed by atoms with van der Waals surface area (Å²) in [5.41, 5.74) is 1.23. The minimum Gasteiger partial charge on any atom is -0.445 e. The highest BCUT2D eigenvalue weighted by Crippen LogP contribution is 2.28. The van der Waals surface area contributed by atoms with Gasteiger partial charge in [0.05, 0.1) is 36.3 Å². The Kier molecular flexibility index (Phi) is 4.20. The molecule has 2 aliphatic heterocycles. The first-order chi connectivity index (χ1) is 13.7. The first-order valence-corrected chi connectivity index (χ1v) is 9.47. The fraction of sp³-hybridized carbons (Fsp3) is 0.400. The highest BCUT2D eigenvalue weighted by Gasteiger charge is 2.29. The predicted octanol–water partition coefficient (Wildman–Crippen LogP) is 1.47. The molecule has 1 amide bonds. The molecule has 1 aromatic carbocycles. The van der Waals surface area contributed by atoms with Crippen molar-refractivity contribution in [1.29, 1.82) is 0 Å². The summed E-state index contributed by atoms with van der Waals surface area (Å²) in [5.74, 6) is 1.65. The normalized spacial score (nSPS) is 19.1. The number of ether oxygens (including phenoxy) is 1. The Bertz CT molecular complexity index is 1100. The molecule has 0 bridgehead atoms. The maximum Gasteiger partial charge on any atom is 0.261 e. The van der Waals surface area contributed by atoms with E-state index < -0.39 is 0 Å². The third kappa shape index (κ3) is 2.99. The van der Waals surface area contributed by atoms with Gasteiger partial charge in [-0.25, -0.2) is 9.97 Å². The van der Waals surface area contributed by atoms with Crippen molar-refractivity contribution in [3.8, 4) is 0 Å². The first kappa shape index (κ1) is 17.1. The van der Waals surface area contributed by atoms with Gasteiger partial charge in [-0.1, -0.05) is 12.1 Å². The van der Waals surface area contributed by atoms with E-state index in [0.717, 1.165) is 24.5 Å². The second kappa shape index (κ2) is 6.87. The molecule has 0 saturated carbocycles. The fourth-order valence-corrected chi connectivity index (χ4v) is 3.80. The van der Waals surface area contributed by atoms with Gasteiger partial charge in [-0.2, -0.15) is 0 Å². The Morgan fingerprint density at radius 3 is 3.04 bits per heavy atom. The number of oxazole rings is 1. The van der Waals surface area contributed by atoms with Gasteiger partial charge in [0.15, 0.2) is 5.89 Å². The highest BCUT2D eigenvalue weighted by atomic mass is 16.5. The highest BCUT2D eigenvalue weighted by molar-refractivity contribution is 5.79. The molecule has 2 aliphatic rings. The standard InChI is InChI=1S/C20H20N4O4/c25-18(10-24-12-21-15-4-2-1-3-14(15)20(24)26)23-7-5-17-16(9-23)22-19(28-17)13-6-8-27-11-13/h1-4,12-13H,5-11H2. The molecular weight excluding hydrogens is 360 g/mol. The molecule has 2 aromatic heterocycles. The Balaban J connectivity index is 1.33. The number of aromatic nitrogens is 3. The van der Waals surface area contributed by atoms with Crippen LogP contribution in [0.2, 0.25) is 0 Å². The van der Waals surface area contributed by atoms with Crippen LogP contribution >= 0.6 is 0 Å². The largest absolute Gasteiger partial charge is 0.445 e. The Labute approximate surface area is 160 Å². The van der Waals surface area contributed by atoms with Crippen LogP contribution in [0.15, 0.2) is 39.8 Å². The third-order valence-corrected chi connectivity index (χ3v) is 5.41. The predicted molar refractivity (Wildman–Crippen MR) is 99.8 cm³/mol. The molecular formula is C20H20N4O4. The van der Waals surface area contributed by atoms with Crippen LogP contribution in [0.25, 0.3) is 10.9 Å². The molecule has 4 heterocycles. The number of amides is 1. The van der Waals surface area contributed by atoms with Crippen LogP contribution in [0.3, 0.4) is 0 Å². The Hall–Kier alpha value is -3.00. The van der Waals surface area contributed by atoms with Crippen molar-refractivity contribution in [2.75, 3.05) is 19.8 Å². The molecule has 1 unspecified atom stereocenters. The first-order valence-electron chi connectivity index (χ1n) is 9.47. The smallest absolute Gasteiger partial charge is 0.261 e. The van der Waals surface area contributed by atoms with Crippen LogP contribution in [0.4, 0.5) is 0 Å². The molecule has 1 fully saturated rings. The van der Waals surface area contributed by atoms with Gasteiger partial charge in [0.25, 0.3) is 5.56 Å². The summed E-state index contributed by atoms with van der Waals surface area (Å²) in [6.45, 7) is 2.29. The van der Waals surface area contributed by atoms with Crippen LogP contribution in [-0.2, 0) is 29.0 Å². The average Bonchev–Trinajstić information content (AvgIpc) is 3.39. The Morgan fingerprint density at radius 2 is 2.18 bits per heavy atom. The maximum atomic E-state index is 12.8. The van der Waals surface area contributed by atoms with Crippen molar-refractivity contribution in [2.45, 2.75) is 31.8 Å². The summed E-state index contributed by atoms with van der Waals surface area (Å²) in [6, 6.07) is 7.13. The number of rotatable bonds is 3. The van der Waals surface area contributed by atoms with Gasteiger partial charge in [0, 0.05) is 19.6 Å². The molecule has 3 aromatic rings. The zero-order valence-corrected chi connectivity index (χ0v) is 15.3. The van der Waals surface area contributed by atoms with E-state index in [9.17, 15) is 9.59 Å². The zero-order valence-electron chi connectivity index (χ0n) is 15.3. The van der Waals surface area contributed by atoms with E-state index in [2.05, 4.69) is 9.97 Å². The molecule has 144 valence electrons. The number of fused-ring (bicyclic) bond motifs is 2. The van der Waals surface area contributed by atoms with E-state index in [0.29, 0.717) is 42.9 Å². The molecule has 1 atom stereocenters. The fourth-order valence-electron chi connectivity index (χ4n) is 3.80. The summed E-state index contributed by atoms with van der Waals surface area (Å²) >= 11 is 0. The van der Waals surface area contributed by atoms with Crippen LogP contribution in [-0.4, -0.2) is 45.1 Å². The molecule has 0 radical (unpaired) electrons. The molecule has 28 heavy (non-hydrogen) atoms. The maximum absolute atomic E-state index is 12.8. The van der Waals surface area contributed by atoms with Crippen LogP contribution in [0.5, 0.6) is 0 Å². The lowest BCUT2D eigenvalue weighted by Crippen LogP contribution is -2.39. The quantitative estimate of drug-likeness (QED) is 0.684. The number of benzene rings is 1. The van der Waals surface area contributed by atoms with E-state index in [-0.39, 0.29) is 23.9 Å². The van der Waals surface area contributed by atoms with E-state index in [4.69, 9.17) is 9.15 Å². The lowest BCUT2D eigenvalue weighted by Gasteiger charge is -2.25. The van der Waals surface area contributed by atoms with E-state index >= 15 is 0 Å². The summed E-state index contributed by atoms with van der Waals surface area (Å²) in [7, 11) is 0. The number of carbonyl (C=O) groups excluding carboxylic acids is 1. The topological polar surface area (TPSA) is 90.5 Å². The van der Waals surface area contributed by atoms with E-state index in [1.807, 2.05) is 6.07 Å². The summed E-state index contributed by atoms with van der Waals surface area (Å²) in [4.78, 5) is 36.0. The van der Waals surface area contributed by atoms with Crippen LogP contribution < -0.4 is 5.56 Å². The van der Waals surface area contributed by atoms with E-state index in [1.54, 1.807) is 23.1 Å². The van der Waals surface area contributed by atoms with Crippen molar-refractivity contribution in [3.05, 3.63) is 58.3 Å². The Morgan fingerprint density at radius 1 is 1.29 bits per heavy atom. The number of hydrogen-bond donors (Lipinski definition) is 0. The lowest BCUT2D eigenvalue weighted by atomic mass is 10.1. The van der Waals surface area contributed by atoms with Crippen molar-refractivity contribution >= 4 is 16.8 Å². The molecule has 5 rings (SSSR count). The van der Waals surface area contributed by atoms with Gasteiger partial charge in [-0.3, -0.25) is 14.2 Å². The zero-order chi connectivity index (χ0) is 19.1. The van der Waals surface area contributed by atoms with Crippen molar-refractivity contribution in [1.82, 2.24) is 19.4 Å². The van der Waals surface area contributed by atoms with Crippen molar-refractivity contribution < 1.29 is 13.9 Å². The number of para-hydroxylation sites is 1. The summed E-state index contributed by atoms with van der Waals surface area (Å²) < 4.78 is 12.7. The van der Waals surface area contributed by atoms with Gasteiger partial charge in [-0.15, -0.1) is 0 Å². The number of hydrogen-bond acceptors (Lipinski definition) is 6. The minimum atomic E-state index is -0.207. The molecule has 0 spiro atoms. The minimum absolute atomic E-state index is 0.0345. The van der Waals surface area contributed by atoms with Crippen LogP contribution in [0, 0.1) is 0 Å². The van der Waals surface area contributed by atoms with Crippen molar-refractivity contribution in [2.24, 2.45) is 0 Å². The van der Waals surface area contributed by atoms with E-state index in [1.165, 1.54) is 10.9 Å². The molecule has 0 N–H and O–H groups in total. The molecule has 8 nitrogen and oxygen atoms in total. The molecule has 8 heteroatoms. The number of carbonyl (C=O) groups is 1. The van der Waals surface area contributed by atoms with Gasteiger partial charge >= 0.3 is 0 Å². The number of nitrogens with zero attached hydrogens (tertiary/aromatic N) is 4. The van der Waals surface area contributed by atoms with Crippen molar-refractivity contribution in [3.63, 3.8) is 0 Å². The average molecular weight is 380 g/mol. The lowest BCUT2D eigenvalue weighted by molar-refractivity contribution is -0.132.